The van der Waals surface area contributed by atoms with E-state index in [2.05, 4.69) is 11.4 Å². The summed E-state index contributed by atoms with van der Waals surface area (Å²) < 4.78 is 16.3. The van der Waals surface area contributed by atoms with Gasteiger partial charge in [0.1, 0.15) is 5.75 Å². The van der Waals surface area contributed by atoms with Crippen molar-refractivity contribution in [1.82, 2.24) is 0 Å². The molecule has 0 fully saturated rings. The average Bonchev–Trinajstić information content (AvgIpc) is 2.53. The highest BCUT2D eigenvalue weighted by molar-refractivity contribution is 5.92. The van der Waals surface area contributed by atoms with Gasteiger partial charge in [-0.25, -0.2) is 0 Å². The fraction of sp³-hybridized carbons (Fsp3) is 0.316. The third-order valence-electron chi connectivity index (χ3n) is 3.31. The molecule has 128 valence electrons. The average molecular weight is 329 g/mol. The number of ether oxygens (including phenoxy) is 3. The normalized spacial score (nSPS) is 10.2. The molecule has 2 aromatic carbocycles. The van der Waals surface area contributed by atoms with Crippen LogP contribution in [0.2, 0.25) is 0 Å². The first-order valence-electron chi connectivity index (χ1n) is 7.83. The van der Waals surface area contributed by atoms with Crippen LogP contribution in [0.15, 0.2) is 36.4 Å². The maximum absolute atomic E-state index is 12.1. The summed E-state index contributed by atoms with van der Waals surface area (Å²) in [5.74, 6) is 1.67. The van der Waals surface area contributed by atoms with E-state index in [-0.39, 0.29) is 12.5 Å². The number of rotatable bonds is 7. The molecule has 1 N–H and O–H groups in total. The van der Waals surface area contributed by atoms with Crippen molar-refractivity contribution in [2.24, 2.45) is 0 Å². The number of carbonyl (C=O) groups is 1. The molecule has 0 spiro atoms. The predicted molar refractivity (Wildman–Crippen MR) is 94.2 cm³/mol. The summed E-state index contributed by atoms with van der Waals surface area (Å²) in [6, 6.07) is 11.1. The molecular weight excluding hydrogens is 306 g/mol. The maximum Gasteiger partial charge on any atom is 0.262 e. The van der Waals surface area contributed by atoms with Crippen molar-refractivity contribution >= 4 is 11.6 Å². The highest BCUT2D eigenvalue weighted by Gasteiger charge is 2.09. The summed E-state index contributed by atoms with van der Waals surface area (Å²) in [6.07, 6.45) is 0. The number of anilines is 1. The van der Waals surface area contributed by atoms with Gasteiger partial charge in [0.2, 0.25) is 0 Å². The standard InChI is InChI=1S/C19H23NO4/c1-5-23-17-7-6-15(11-18(17)22-4)20-19(21)12-24-16-9-13(2)8-14(3)10-16/h6-11H,5,12H2,1-4H3,(H,20,21). The second kappa shape index (κ2) is 8.24. The monoisotopic (exact) mass is 329 g/mol. The minimum Gasteiger partial charge on any atom is -0.493 e. The molecule has 0 unspecified atom stereocenters. The van der Waals surface area contributed by atoms with Gasteiger partial charge in [-0.1, -0.05) is 6.07 Å². The van der Waals surface area contributed by atoms with Crippen LogP contribution in [-0.2, 0) is 4.79 Å². The molecule has 0 radical (unpaired) electrons. The van der Waals surface area contributed by atoms with Gasteiger partial charge >= 0.3 is 0 Å². The van der Waals surface area contributed by atoms with Crippen LogP contribution < -0.4 is 19.5 Å². The van der Waals surface area contributed by atoms with E-state index in [9.17, 15) is 4.79 Å². The molecule has 5 heteroatoms. The van der Waals surface area contributed by atoms with Crippen LogP contribution in [0.4, 0.5) is 5.69 Å². The first-order chi connectivity index (χ1) is 11.5. The van der Waals surface area contributed by atoms with Crippen molar-refractivity contribution in [2.45, 2.75) is 20.8 Å². The van der Waals surface area contributed by atoms with Crippen LogP contribution in [0.5, 0.6) is 17.2 Å². The van der Waals surface area contributed by atoms with Crippen LogP contribution in [0.3, 0.4) is 0 Å². The Balaban J connectivity index is 1.96. The van der Waals surface area contributed by atoms with Gasteiger partial charge in [0, 0.05) is 11.8 Å². The molecule has 2 aromatic rings. The van der Waals surface area contributed by atoms with Gasteiger partial charge in [0.05, 0.1) is 13.7 Å². The Kier molecular flexibility index (Phi) is 6.07. The quantitative estimate of drug-likeness (QED) is 0.841. The molecule has 0 aliphatic rings. The molecule has 0 aromatic heterocycles. The molecule has 0 bridgehead atoms. The minimum absolute atomic E-state index is 0.0571. The maximum atomic E-state index is 12.1. The number of hydrogen-bond donors (Lipinski definition) is 1. The topological polar surface area (TPSA) is 56.8 Å². The highest BCUT2D eigenvalue weighted by atomic mass is 16.5. The zero-order valence-electron chi connectivity index (χ0n) is 14.5. The highest BCUT2D eigenvalue weighted by Crippen LogP contribution is 2.30. The Labute approximate surface area is 142 Å². The second-order valence-electron chi connectivity index (χ2n) is 5.46. The summed E-state index contributed by atoms with van der Waals surface area (Å²) in [5, 5.41) is 2.79. The van der Waals surface area contributed by atoms with Crippen LogP contribution >= 0.6 is 0 Å². The Morgan fingerprint density at radius 2 is 1.71 bits per heavy atom. The van der Waals surface area contributed by atoms with Gasteiger partial charge in [-0.3, -0.25) is 4.79 Å². The van der Waals surface area contributed by atoms with E-state index < -0.39 is 0 Å². The van der Waals surface area contributed by atoms with E-state index in [0.29, 0.717) is 29.5 Å². The lowest BCUT2D eigenvalue weighted by atomic mass is 10.1. The fourth-order valence-corrected chi connectivity index (χ4v) is 2.38. The van der Waals surface area contributed by atoms with E-state index in [0.717, 1.165) is 11.1 Å². The number of aryl methyl sites for hydroxylation is 2. The Bertz CT molecular complexity index is 692. The number of carbonyl (C=O) groups excluding carboxylic acids is 1. The third kappa shape index (κ3) is 4.91. The lowest BCUT2D eigenvalue weighted by Crippen LogP contribution is -2.20. The third-order valence-corrected chi connectivity index (χ3v) is 3.31. The van der Waals surface area contributed by atoms with Crippen LogP contribution in [0.25, 0.3) is 0 Å². The minimum atomic E-state index is -0.236. The molecule has 0 heterocycles. The van der Waals surface area contributed by atoms with Gasteiger partial charge in [-0.05, 0) is 56.2 Å². The first-order valence-corrected chi connectivity index (χ1v) is 7.83. The van der Waals surface area contributed by atoms with E-state index in [4.69, 9.17) is 14.2 Å². The molecule has 1 amide bonds. The number of nitrogens with one attached hydrogen (secondary N) is 1. The summed E-state index contributed by atoms with van der Waals surface area (Å²) in [7, 11) is 1.56. The van der Waals surface area contributed by atoms with E-state index >= 15 is 0 Å². The van der Waals surface area contributed by atoms with Gasteiger partial charge in [-0.2, -0.15) is 0 Å². The molecule has 0 aliphatic carbocycles. The lowest BCUT2D eigenvalue weighted by Gasteiger charge is -2.12. The number of benzene rings is 2. The van der Waals surface area contributed by atoms with Crippen LogP contribution in [0, 0.1) is 13.8 Å². The van der Waals surface area contributed by atoms with Crippen molar-refractivity contribution in [1.29, 1.82) is 0 Å². The molecule has 2 rings (SSSR count). The van der Waals surface area contributed by atoms with Crippen molar-refractivity contribution in [2.75, 3.05) is 25.6 Å². The summed E-state index contributed by atoms with van der Waals surface area (Å²) in [5.41, 5.74) is 2.83. The number of amides is 1. The number of hydrogen-bond acceptors (Lipinski definition) is 4. The van der Waals surface area contributed by atoms with Crippen molar-refractivity contribution in [3.05, 3.63) is 47.5 Å². The molecular formula is C19H23NO4. The van der Waals surface area contributed by atoms with Gasteiger partial charge in [0.15, 0.2) is 18.1 Å². The Morgan fingerprint density at radius 1 is 1.00 bits per heavy atom. The Morgan fingerprint density at radius 3 is 2.33 bits per heavy atom. The molecule has 0 atom stereocenters. The summed E-state index contributed by atoms with van der Waals surface area (Å²) in [6.45, 7) is 6.38. The predicted octanol–water partition coefficient (Wildman–Crippen LogP) is 3.73. The van der Waals surface area contributed by atoms with Gasteiger partial charge < -0.3 is 19.5 Å². The Hall–Kier alpha value is -2.69. The van der Waals surface area contributed by atoms with Crippen molar-refractivity contribution < 1.29 is 19.0 Å². The number of methoxy groups -OCH3 is 1. The van der Waals surface area contributed by atoms with E-state index in [1.165, 1.54) is 0 Å². The zero-order valence-corrected chi connectivity index (χ0v) is 14.5. The molecule has 5 nitrogen and oxygen atoms in total. The van der Waals surface area contributed by atoms with Crippen LogP contribution in [-0.4, -0.2) is 26.2 Å². The second-order valence-corrected chi connectivity index (χ2v) is 5.46. The largest absolute Gasteiger partial charge is 0.493 e. The summed E-state index contributed by atoms with van der Waals surface area (Å²) >= 11 is 0. The fourth-order valence-electron chi connectivity index (χ4n) is 2.38. The zero-order chi connectivity index (χ0) is 17.5. The van der Waals surface area contributed by atoms with Crippen molar-refractivity contribution in [3.8, 4) is 17.2 Å². The SMILES string of the molecule is CCOc1ccc(NC(=O)COc2cc(C)cc(C)c2)cc1OC. The van der Waals surface area contributed by atoms with E-state index in [1.54, 1.807) is 25.3 Å². The molecule has 24 heavy (non-hydrogen) atoms. The van der Waals surface area contributed by atoms with Crippen molar-refractivity contribution in [3.63, 3.8) is 0 Å². The summed E-state index contributed by atoms with van der Waals surface area (Å²) in [4.78, 5) is 12.1. The molecule has 0 saturated carbocycles. The molecule has 0 saturated heterocycles. The van der Waals surface area contributed by atoms with Gasteiger partial charge in [-0.15, -0.1) is 0 Å². The smallest absolute Gasteiger partial charge is 0.262 e. The molecule has 0 aliphatic heterocycles. The lowest BCUT2D eigenvalue weighted by molar-refractivity contribution is -0.118. The first kappa shape index (κ1) is 17.7. The van der Waals surface area contributed by atoms with E-state index in [1.807, 2.05) is 32.9 Å². The van der Waals surface area contributed by atoms with Gasteiger partial charge in [0.25, 0.3) is 5.91 Å². The van der Waals surface area contributed by atoms with Crippen LogP contribution in [0.1, 0.15) is 18.1 Å².